The zero-order valence-corrected chi connectivity index (χ0v) is 9.63. The van der Waals surface area contributed by atoms with Crippen LogP contribution in [0.2, 0.25) is 0 Å². The molecule has 84 valence electrons. The van der Waals surface area contributed by atoms with E-state index in [1.807, 2.05) is 6.92 Å². The molecule has 0 saturated heterocycles. The van der Waals surface area contributed by atoms with E-state index in [1.54, 1.807) is 12.1 Å². The minimum absolute atomic E-state index is 0.308. The lowest BCUT2D eigenvalue weighted by molar-refractivity contribution is 0.154. The fourth-order valence-corrected chi connectivity index (χ4v) is 1.57. The maximum atomic E-state index is 13.4. The van der Waals surface area contributed by atoms with Crippen LogP contribution in [0.5, 0.6) is 0 Å². The Bertz CT molecular complexity index is 320. The second-order valence-corrected chi connectivity index (χ2v) is 4.51. The molecule has 1 rings (SSSR count). The summed E-state index contributed by atoms with van der Waals surface area (Å²) in [6.45, 7) is 6.09. The molecule has 0 bridgehead atoms. The van der Waals surface area contributed by atoms with E-state index in [-0.39, 0.29) is 5.82 Å². The number of hydrogen-bond donors (Lipinski definition) is 1. The van der Waals surface area contributed by atoms with Crippen molar-refractivity contribution in [1.29, 1.82) is 0 Å². The number of aliphatic hydroxyl groups is 1. The first-order chi connectivity index (χ1) is 7.00. The predicted octanol–water partition coefficient (Wildman–Crippen LogP) is 3.60. The Morgan fingerprint density at radius 2 is 1.93 bits per heavy atom. The highest BCUT2D eigenvalue weighted by molar-refractivity contribution is 5.25. The van der Waals surface area contributed by atoms with Crippen molar-refractivity contribution in [3.05, 3.63) is 35.1 Å². The van der Waals surface area contributed by atoms with Crippen molar-refractivity contribution in [3.8, 4) is 0 Å². The highest BCUT2D eigenvalue weighted by Crippen LogP contribution is 2.24. The van der Waals surface area contributed by atoms with Crippen molar-refractivity contribution in [2.75, 3.05) is 0 Å². The molecule has 1 aromatic rings. The van der Waals surface area contributed by atoms with Crippen LogP contribution in [-0.4, -0.2) is 5.11 Å². The fraction of sp³-hybridized carbons (Fsp3) is 0.538. The van der Waals surface area contributed by atoms with E-state index in [2.05, 4.69) is 13.8 Å². The Labute approximate surface area is 90.9 Å². The normalized spacial score (nSPS) is 13.2. The van der Waals surface area contributed by atoms with Gasteiger partial charge in [-0.15, -0.1) is 0 Å². The van der Waals surface area contributed by atoms with Crippen molar-refractivity contribution in [2.24, 2.45) is 5.92 Å². The summed E-state index contributed by atoms with van der Waals surface area (Å²) in [6.07, 6.45) is 0.861. The molecule has 0 aliphatic heterocycles. The van der Waals surface area contributed by atoms with Gasteiger partial charge in [-0.1, -0.05) is 31.5 Å². The van der Waals surface area contributed by atoms with Crippen LogP contribution in [0.25, 0.3) is 0 Å². The molecule has 1 N–H and O–H groups in total. The molecule has 1 atom stereocenters. The fourth-order valence-electron chi connectivity index (χ4n) is 1.57. The Balaban J connectivity index is 2.72. The molecule has 0 aliphatic carbocycles. The zero-order chi connectivity index (χ0) is 11.4. The molecule has 0 radical (unpaired) electrons. The third kappa shape index (κ3) is 3.63. The van der Waals surface area contributed by atoms with E-state index >= 15 is 0 Å². The molecule has 1 aromatic carbocycles. The molecule has 15 heavy (non-hydrogen) atoms. The molecule has 0 fully saturated rings. The minimum atomic E-state index is -0.674. The number of rotatable bonds is 4. The topological polar surface area (TPSA) is 20.2 Å². The molecule has 0 saturated carbocycles. The second-order valence-electron chi connectivity index (χ2n) is 4.51. The Morgan fingerprint density at radius 1 is 1.27 bits per heavy atom. The van der Waals surface area contributed by atoms with Gasteiger partial charge in [0.2, 0.25) is 0 Å². The monoisotopic (exact) mass is 210 g/mol. The van der Waals surface area contributed by atoms with Crippen molar-refractivity contribution in [3.63, 3.8) is 0 Å². The highest BCUT2D eigenvalue weighted by atomic mass is 19.1. The summed E-state index contributed by atoms with van der Waals surface area (Å²) >= 11 is 0. The molecule has 2 heteroatoms. The molecule has 1 nitrogen and oxygen atoms in total. The third-order valence-electron chi connectivity index (χ3n) is 2.53. The second kappa shape index (κ2) is 5.26. The van der Waals surface area contributed by atoms with Gasteiger partial charge in [-0.2, -0.15) is 0 Å². The van der Waals surface area contributed by atoms with Crippen LogP contribution in [0.1, 0.15) is 43.9 Å². The van der Waals surface area contributed by atoms with E-state index in [4.69, 9.17) is 0 Å². The van der Waals surface area contributed by atoms with Crippen LogP contribution in [0.4, 0.5) is 4.39 Å². The Kier molecular flexibility index (Phi) is 4.28. The Morgan fingerprint density at radius 3 is 2.53 bits per heavy atom. The van der Waals surface area contributed by atoms with Gasteiger partial charge in [-0.05, 0) is 31.7 Å². The van der Waals surface area contributed by atoms with Crippen LogP contribution in [0.3, 0.4) is 0 Å². The number of aliphatic hydroxyl groups excluding tert-OH is 1. The first-order valence-electron chi connectivity index (χ1n) is 5.45. The van der Waals surface area contributed by atoms with E-state index in [1.165, 1.54) is 6.07 Å². The van der Waals surface area contributed by atoms with Crippen LogP contribution in [-0.2, 0) is 0 Å². The van der Waals surface area contributed by atoms with Gasteiger partial charge in [0.15, 0.2) is 0 Å². The van der Waals surface area contributed by atoms with Crippen molar-refractivity contribution in [2.45, 2.75) is 39.7 Å². The number of benzene rings is 1. The summed E-state index contributed by atoms with van der Waals surface area (Å²) < 4.78 is 13.4. The average molecular weight is 210 g/mol. The molecule has 0 heterocycles. The van der Waals surface area contributed by atoms with Gasteiger partial charge < -0.3 is 5.11 Å². The molecular weight excluding hydrogens is 191 g/mol. The lowest BCUT2D eigenvalue weighted by Crippen LogP contribution is -2.03. The Hall–Kier alpha value is -0.890. The van der Waals surface area contributed by atoms with Crippen molar-refractivity contribution in [1.82, 2.24) is 0 Å². The van der Waals surface area contributed by atoms with Gasteiger partial charge in [-0.3, -0.25) is 0 Å². The van der Waals surface area contributed by atoms with E-state index in [9.17, 15) is 9.50 Å². The summed E-state index contributed by atoms with van der Waals surface area (Å²) in [5.74, 6) is 0.226. The van der Waals surface area contributed by atoms with Crippen LogP contribution >= 0.6 is 0 Å². The van der Waals surface area contributed by atoms with Crippen LogP contribution < -0.4 is 0 Å². The molecule has 0 spiro atoms. The predicted molar refractivity (Wildman–Crippen MR) is 60.2 cm³/mol. The smallest absolute Gasteiger partial charge is 0.129 e. The lowest BCUT2D eigenvalue weighted by Gasteiger charge is -2.13. The van der Waals surface area contributed by atoms with Gasteiger partial charge >= 0.3 is 0 Å². The summed E-state index contributed by atoms with van der Waals surface area (Å²) in [4.78, 5) is 0. The number of aryl methyl sites for hydroxylation is 1. The maximum Gasteiger partial charge on any atom is 0.129 e. The molecule has 0 amide bonds. The third-order valence-corrected chi connectivity index (χ3v) is 2.53. The number of halogens is 1. The first kappa shape index (κ1) is 12.2. The van der Waals surface area contributed by atoms with Gasteiger partial charge in [0.1, 0.15) is 5.82 Å². The van der Waals surface area contributed by atoms with Gasteiger partial charge in [0.05, 0.1) is 6.10 Å². The molecular formula is C13H19FO. The number of hydrogen-bond acceptors (Lipinski definition) is 1. The van der Waals surface area contributed by atoms with Gasteiger partial charge in [0.25, 0.3) is 0 Å². The maximum absolute atomic E-state index is 13.4. The summed E-state index contributed by atoms with van der Waals surface area (Å²) in [7, 11) is 0. The van der Waals surface area contributed by atoms with E-state index < -0.39 is 6.10 Å². The highest BCUT2D eigenvalue weighted by Gasteiger charge is 2.13. The zero-order valence-electron chi connectivity index (χ0n) is 9.63. The van der Waals surface area contributed by atoms with Crippen molar-refractivity contribution < 1.29 is 9.50 Å². The molecule has 0 aliphatic rings. The van der Waals surface area contributed by atoms with Crippen molar-refractivity contribution >= 4 is 0 Å². The summed E-state index contributed by atoms with van der Waals surface area (Å²) in [6, 6.07) is 4.86. The van der Waals surface area contributed by atoms with Gasteiger partial charge in [0, 0.05) is 5.56 Å². The molecule has 1 unspecified atom stereocenters. The largest absolute Gasteiger partial charge is 0.388 e. The standard InChI is InChI=1S/C13H19FO/c1-9(2)4-7-13(15)11-8-10(3)5-6-12(11)14/h5-6,8-9,13,15H,4,7H2,1-3H3. The summed E-state index contributed by atoms with van der Waals surface area (Å²) in [5, 5.41) is 9.83. The molecule has 0 aromatic heterocycles. The quantitative estimate of drug-likeness (QED) is 0.805. The minimum Gasteiger partial charge on any atom is -0.388 e. The first-order valence-corrected chi connectivity index (χ1v) is 5.45. The summed E-state index contributed by atoms with van der Waals surface area (Å²) in [5.41, 5.74) is 1.41. The van der Waals surface area contributed by atoms with E-state index in [0.29, 0.717) is 17.9 Å². The van der Waals surface area contributed by atoms with Gasteiger partial charge in [-0.25, -0.2) is 4.39 Å². The van der Waals surface area contributed by atoms with E-state index in [0.717, 1.165) is 12.0 Å². The SMILES string of the molecule is Cc1ccc(F)c(C(O)CCC(C)C)c1. The lowest BCUT2D eigenvalue weighted by atomic mass is 9.98. The average Bonchev–Trinajstić information content (AvgIpc) is 2.18. The van der Waals surface area contributed by atoms with Crippen LogP contribution in [0.15, 0.2) is 18.2 Å². The van der Waals surface area contributed by atoms with Crippen LogP contribution in [0, 0.1) is 18.7 Å².